The van der Waals surface area contributed by atoms with Crippen molar-refractivity contribution in [3.05, 3.63) is 29.8 Å². The van der Waals surface area contributed by atoms with E-state index in [4.69, 9.17) is 0 Å². The summed E-state index contributed by atoms with van der Waals surface area (Å²) in [6.45, 7) is 0. The Balaban J connectivity index is 1.71. The minimum absolute atomic E-state index is 0.0122. The highest BCUT2D eigenvalue weighted by molar-refractivity contribution is 7.89. The third-order valence-electron chi connectivity index (χ3n) is 4.61. The molecule has 1 amide bonds. The first-order chi connectivity index (χ1) is 10.8. The van der Waals surface area contributed by atoms with Crippen LogP contribution in [0.4, 0.5) is 0 Å². The molecule has 0 aliphatic carbocycles. The Morgan fingerprint density at radius 1 is 1.13 bits per heavy atom. The molecule has 2 aliphatic heterocycles. The first kappa shape index (κ1) is 16.4. The fourth-order valence-electron chi connectivity index (χ4n) is 3.48. The lowest BCUT2D eigenvalue weighted by Crippen LogP contribution is -2.47. The number of hydrogen-bond donors (Lipinski definition) is 2. The van der Waals surface area contributed by atoms with Crippen molar-refractivity contribution in [2.45, 2.75) is 48.7 Å². The van der Waals surface area contributed by atoms with E-state index in [-0.39, 0.29) is 16.8 Å². The molecule has 2 atom stereocenters. The number of rotatable bonds is 4. The molecular weight excluding hydrogens is 314 g/mol. The van der Waals surface area contributed by atoms with Crippen molar-refractivity contribution in [3.8, 4) is 0 Å². The van der Waals surface area contributed by atoms with E-state index in [1.165, 1.54) is 17.0 Å². The number of hydrogen-bond acceptors (Lipinski definition) is 4. The molecule has 2 bridgehead atoms. The first-order valence-corrected chi connectivity index (χ1v) is 9.43. The number of benzene rings is 1. The van der Waals surface area contributed by atoms with E-state index in [2.05, 4.69) is 10.0 Å². The molecule has 0 aromatic heterocycles. The molecule has 0 radical (unpaired) electrons. The van der Waals surface area contributed by atoms with Gasteiger partial charge in [0.05, 0.1) is 4.90 Å². The van der Waals surface area contributed by atoms with Crippen LogP contribution in [0.25, 0.3) is 0 Å². The van der Waals surface area contributed by atoms with Gasteiger partial charge in [0.2, 0.25) is 10.0 Å². The Labute approximate surface area is 137 Å². The van der Waals surface area contributed by atoms with E-state index in [1.807, 2.05) is 0 Å². The molecule has 2 heterocycles. The second-order valence-corrected chi connectivity index (χ2v) is 8.37. The summed E-state index contributed by atoms with van der Waals surface area (Å²) in [5, 5.41) is 3.50. The van der Waals surface area contributed by atoms with Crippen LogP contribution in [0.3, 0.4) is 0 Å². The van der Waals surface area contributed by atoms with Gasteiger partial charge in [-0.1, -0.05) is 0 Å². The number of amides is 1. The van der Waals surface area contributed by atoms with Gasteiger partial charge in [-0.2, -0.15) is 0 Å². The number of fused-ring (bicyclic) bond motifs is 2. The molecule has 126 valence electrons. The van der Waals surface area contributed by atoms with Crippen molar-refractivity contribution in [1.82, 2.24) is 14.9 Å². The molecule has 23 heavy (non-hydrogen) atoms. The second kappa shape index (κ2) is 6.22. The fourth-order valence-corrected chi connectivity index (χ4v) is 4.74. The molecule has 1 aromatic rings. The molecular formula is C16H23N3O3S. The Bertz CT molecular complexity index is 673. The summed E-state index contributed by atoms with van der Waals surface area (Å²) < 4.78 is 27.9. The quantitative estimate of drug-likeness (QED) is 0.857. The third-order valence-corrected chi connectivity index (χ3v) is 6.15. The molecule has 2 unspecified atom stereocenters. The summed E-state index contributed by atoms with van der Waals surface area (Å²) in [6, 6.07) is 6.96. The lowest BCUT2D eigenvalue weighted by atomic mass is 10.0. The maximum Gasteiger partial charge on any atom is 0.253 e. The Hall–Kier alpha value is -1.44. The summed E-state index contributed by atoms with van der Waals surface area (Å²) in [6.07, 6.45) is 3.94. The number of nitrogens with zero attached hydrogens (tertiary/aromatic N) is 1. The van der Waals surface area contributed by atoms with Crippen LogP contribution >= 0.6 is 0 Å². The summed E-state index contributed by atoms with van der Waals surface area (Å²) >= 11 is 0. The van der Waals surface area contributed by atoms with Crippen LogP contribution in [-0.4, -0.2) is 51.4 Å². The highest BCUT2D eigenvalue weighted by Gasteiger charge is 2.35. The molecule has 0 saturated carbocycles. The molecule has 2 N–H and O–H groups in total. The molecule has 3 rings (SSSR count). The average Bonchev–Trinajstić information content (AvgIpc) is 2.85. The van der Waals surface area contributed by atoms with Crippen LogP contribution in [0.5, 0.6) is 0 Å². The van der Waals surface area contributed by atoms with Crippen molar-refractivity contribution in [3.63, 3.8) is 0 Å². The zero-order valence-electron chi connectivity index (χ0n) is 13.5. The number of nitrogens with one attached hydrogen (secondary N) is 2. The highest BCUT2D eigenvalue weighted by Crippen LogP contribution is 2.27. The molecule has 0 spiro atoms. The van der Waals surface area contributed by atoms with Gasteiger partial charge in [-0.15, -0.1) is 0 Å². The lowest BCUT2D eigenvalue weighted by Gasteiger charge is -2.29. The standard InChI is InChI=1S/C16H23N3O3S/c1-19(2)16(20)11-3-7-15(8-4-11)23(21,22)18-14-9-12-5-6-13(10-14)17-12/h3-4,7-8,12-14,17-18H,5-6,9-10H2,1-2H3. The van der Waals surface area contributed by atoms with E-state index >= 15 is 0 Å². The van der Waals surface area contributed by atoms with E-state index < -0.39 is 10.0 Å². The highest BCUT2D eigenvalue weighted by atomic mass is 32.2. The molecule has 6 nitrogen and oxygen atoms in total. The lowest BCUT2D eigenvalue weighted by molar-refractivity contribution is 0.0827. The first-order valence-electron chi connectivity index (χ1n) is 7.95. The fraction of sp³-hybridized carbons (Fsp3) is 0.562. The zero-order chi connectivity index (χ0) is 16.6. The van der Waals surface area contributed by atoms with Crippen LogP contribution in [0.2, 0.25) is 0 Å². The van der Waals surface area contributed by atoms with Gasteiger partial charge in [0, 0.05) is 37.8 Å². The number of carbonyl (C=O) groups is 1. The van der Waals surface area contributed by atoms with E-state index in [1.54, 1.807) is 26.2 Å². The van der Waals surface area contributed by atoms with Gasteiger partial charge in [-0.25, -0.2) is 13.1 Å². The zero-order valence-corrected chi connectivity index (χ0v) is 14.3. The Kier molecular flexibility index (Phi) is 4.44. The third kappa shape index (κ3) is 3.57. The Morgan fingerprint density at radius 3 is 2.22 bits per heavy atom. The van der Waals surface area contributed by atoms with Crippen LogP contribution in [-0.2, 0) is 10.0 Å². The normalized spacial score (nSPS) is 27.0. The largest absolute Gasteiger partial charge is 0.345 e. The molecule has 1 aromatic carbocycles. The van der Waals surface area contributed by atoms with E-state index in [0.717, 1.165) is 25.7 Å². The Morgan fingerprint density at radius 2 is 1.70 bits per heavy atom. The number of sulfonamides is 1. The van der Waals surface area contributed by atoms with Crippen LogP contribution < -0.4 is 10.0 Å². The average molecular weight is 337 g/mol. The second-order valence-electron chi connectivity index (χ2n) is 6.65. The summed E-state index contributed by atoms with van der Waals surface area (Å²) in [5.41, 5.74) is 0.480. The van der Waals surface area contributed by atoms with Crippen LogP contribution in [0.1, 0.15) is 36.0 Å². The van der Waals surface area contributed by atoms with E-state index in [0.29, 0.717) is 17.6 Å². The van der Waals surface area contributed by atoms with Crippen molar-refractivity contribution in [2.24, 2.45) is 0 Å². The van der Waals surface area contributed by atoms with Gasteiger partial charge in [-0.3, -0.25) is 4.79 Å². The monoisotopic (exact) mass is 337 g/mol. The van der Waals surface area contributed by atoms with Crippen LogP contribution in [0, 0.1) is 0 Å². The predicted molar refractivity (Wildman–Crippen MR) is 87.7 cm³/mol. The van der Waals surface area contributed by atoms with Crippen LogP contribution in [0.15, 0.2) is 29.2 Å². The van der Waals surface area contributed by atoms with Gasteiger partial charge in [0.1, 0.15) is 0 Å². The topological polar surface area (TPSA) is 78.5 Å². The van der Waals surface area contributed by atoms with Crippen molar-refractivity contribution in [2.75, 3.05) is 14.1 Å². The maximum atomic E-state index is 12.5. The minimum atomic E-state index is -3.54. The predicted octanol–water partition coefficient (Wildman–Crippen LogP) is 0.950. The summed E-state index contributed by atoms with van der Waals surface area (Å²) in [7, 11) is -0.211. The molecule has 2 aliphatic rings. The SMILES string of the molecule is CN(C)C(=O)c1ccc(S(=O)(=O)NC2CC3CCC(C2)N3)cc1. The maximum absolute atomic E-state index is 12.5. The van der Waals surface area contributed by atoms with Gasteiger partial charge in [0.25, 0.3) is 5.91 Å². The smallest absolute Gasteiger partial charge is 0.253 e. The van der Waals surface area contributed by atoms with Gasteiger partial charge in [-0.05, 0) is 49.9 Å². The summed E-state index contributed by atoms with van der Waals surface area (Å²) in [5.74, 6) is -0.142. The van der Waals surface area contributed by atoms with Gasteiger partial charge >= 0.3 is 0 Å². The number of piperidine rings is 1. The van der Waals surface area contributed by atoms with Crippen molar-refractivity contribution in [1.29, 1.82) is 0 Å². The van der Waals surface area contributed by atoms with Gasteiger partial charge in [0.15, 0.2) is 0 Å². The molecule has 7 heteroatoms. The minimum Gasteiger partial charge on any atom is -0.345 e. The van der Waals surface area contributed by atoms with Gasteiger partial charge < -0.3 is 10.2 Å². The number of carbonyl (C=O) groups excluding carboxylic acids is 1. The van der Waals surface area contributed by atoms with E-state index in [9.17, 15) is 13.2 Å². The van der Waals surface area contributed by atoms with Crippen molar-refractivity contribution < 1.29 is 13.2 Å². The van der Waals surface area contributed by atoms with Crippen molar-refractivity contribution >= 4 is 15.9 Å². The molecule has 2 saturated heterocycles. The molecule has 2 fully saturated rings. The summed E-state index contributed by atoms with van der Waals surface area (Å²) in [4.78, 5) is 13.5.